The number of hydrogen-bond donors (Lipinski definition) is 4. The van der Waals surface area contributed by atoms with Gasteiger partial charge in [-0.1, -0.05) is 18.8 Å². The van der Waals surface area contributed by atoms with Crippen LogP contribution in [0.2, 0.25) is 0 Å². The molecule has 0 spiro atoms. The lowest BCUT2D eigenvalue weighted by Gasteiger charge is -2.29. The van der Waals surface area contributed by atoms with Crippen LogP contribution in [0.15, 0.2) is 30.3 Å². The van der Waals surface area contributed by atoms with Gasteiger partial charge in [-0.3, -0.25) is 4.79 Å². The number of amides is 1. The Hall–Kier alpha value is -3.17. The molecule has 6 heteroatoms. The van der Waals surface area contributed by atoms with E-state index in [1.54, 1.807) is 18.2 Å². The molecule has 4 N–H and O–H groups in total. The summed E-state index contributed by atoms with van der Waals surface area (Å²) in [6.07, 6.45) is 11.5. The number of phenolic OH excluding ortho intramolecular Hbond substituents is 1. The van der Waals surface area contributed by atoms with Gasteiger partial charge in [0.15, 0.2) is 6.10 Å². The van der Waals surface area contributed by atoms with Gasteiger partial charge in [0.05, 0.1) is 12.2 Å². The van der Waals surface area contributed by atoms with Crippen molar-refractivity contribution >= 4 is 17.3 Å². The molecule has 0 aromatic heterocycles. The van der Waals surface area contributed by atoms with Crippen LogP contribution in [-0.4, -0.2) is 36.8 Å². The second-order valence-electron chi connectivity index (χ2n) is 9.34. The number of phenols is 1. The lowest BCUT2D eigenvalue weighted by Crippen LogP contribution is -2.41. The third-order valence-electron chi connectivity index (χ3n) is 7.22. The Morgan fingerprint density at radius 2 is 1.82 bits per heavy atom. The van der Waals surface area contributed by atoms with Crippen LogP contribution in [-0.2, 0) is 4.79 Å². The number of anilines is 2. The van der Waals surface area contributed by atoms with Crippen LogP contribution in [0.25, 0.3) is 0 Å². The molecule has 2 aromatic rings. The van der Waals surface area contributed by atoms with Gasteiger partial charge in [0.1, 0.15) is 11.5 Å². The fourth-order valence-corrected chi connectivity index (χ4v) is 5.38. The molecule has 1 atom stereocenters. The molecule has 1 saturated carbocycles. The molecule has 33 heavy (non-hydrogen) atoms. The van der Waals surface area contributed by atoms with E-state index in [4.69, 9.17) is 11.2 Å². The molecule has 1 saturated heterocycles. The topological polar surface area (TPSA) is 82.6 Å². The zero-order valence-corrected chi connectivity index (χ0v) is 18.8. The molecule has 0 bridgehead atoms. The Balaban J connectivity index is 1.39. The molecule has 172 valence electrons. The quantitative estimate of drug-likeness (QED) is 0.527. The first-order valence-electron chi connectivity index (χ1n) is 12.0. The lowest BCUT2D eigenvalue weighted by molar-refractivity contribution is -0.122. The van der Waals surface area contributed by atoms with Crippen molar-refractivity contribution in [2.45, 2.75) is 56.5 Å². The monoisotopic (exact) mass is 445 g/mol. The van der Waals surface area contributed by atoms with Crippen molar-refractivity contribution in [2.75, 3.05) is 30.3 Å². The molecule has 1 unspecified atom stereocenters. The summed E-state index contributed by atoms with van der Waals surface area (Å²) >= 11 is 0. The predicted molar refractivity (Wildman–Crippen MR) is 130 cm³/mol. The van der Waals surface area contributed by atoms with Crippen molar-refractivity contribution in [1.82, 2.24) is 5.32 Å². The summed E-state index contributed by atoms with van der Waals surface area (Å²) in [6.45, 7) is 2.27. The van der Waals surface area contributed by atoms with Gasteiger partial charge in [-0.2, -0.15) is 0 Å². The van der Waals surface area contributed by atoms with Crippen molar-refractivity contribution in [3.63, 3.8) is 0 Å². The van der Waals surface area contributed by atoms with Gasteiger partial charge >= 0.3 is 0 Å². The van der Waals surface area contributed by atoms with E-state index in [1.807, 2.05) is 6.07 Å². The molecule has 6 nitrogen and oxygen atoms in total. The Labute approximate surface area is 195 Å². The van der Waals surface area contributed by atoms with E-state index in [2.05, 4.69) is 27.9 Å². The minimum atomic E-state index is -0.674. The van der Waals surface area contributed by atoms with Crippen molar-refractivity contribution in [3.05, 3.63) is 47.0 Å². The summed E-state index contributed by atoms with van der Waals surface area (Å²) in [4.78, 5) is 13.2. The zero-order valence-electron chi connectivity index (χ0n) is 18.8. The highest BCUT2D eigenvalue weighted by Crippen LogP contribution is 2.43. The largest absolute Gasteiger partial charge is 0.508 e. The fraction of sp³-hybridized carbons (Fsp3) is 0.444. The number of terminal acetylenes is 1. The summed E-state index contributed by atoms with van der Waals surface area (Å²) < 4.78 is 5.97. The molecular formula is C27H31N3O3. The van der Waals surface area contributed by atoms with Crippen molar-refractivity contribution in [1.29, 1.82) is 0 Å². The average molecular weight is 446 g/mol. The molecule has 0 radical (unpaired) electrons. The van der Waals surface area contributed by atoms with E-state index in [1.165, 1.54) is 12.8 Å². The highest BCUT2D eigenvalue weighted by Gasteiger charge is 2.29. The molecule has 2 aliphatic heterocycles. The van der Waals surface area contributed by atoms with Crippen LogP contribution in [0.3, 0.4) is 0 Å². The predicted octanol–water partition coefficient (Wildman–Crippen LogP) is 4.31. The molecule has 1 aliphatic carbocycles. The van der Waals surface area contributed by atoms with Crippen LogP contribution >= 0.6 is 0 Å². The Kier molecular flexibility index (Phi) is 6.15. The highest BCUT2D eigenvalue weighted by molar-refractivity contribution is 5.96. The third kappa shape index (κ3) is 4.51. The van der Waals surface area contributed by atoms with Crippen molar-refractivity contribution in [3.8, 4) is 23.8 Å². The number of carbonyl (C=O) groups is 1. The number of carbonyl (C=O) groups excluding carboxylic acids is 1. The number of aromatic hydroxyl groups is 1. The molecule has 1 amide bonds. The van der Waals surface area contributed by atoms with Gasteiger partial charge in [-0.15, -0.1) is 6.42 Å². The second-order valence-corrected chi connectivity index (χ2v) is 9.34. The van der Waals surface area contributed by atoms with E-state index in [-0.39, 0.29) is 11.7 Å². The summed E-state index contributed by atoms with van der Waals surface area (Å²) in [6, 6.07) is 9.35. The van der Waals surface area contributed by atoms with E-state index >= 15 is 0 Å². The Morgan fingerprint density at radius 1 is 1.06 bits per heavy atom. The van der Waals surface area contributed by atoms with E-state index in [0.29, 0.717) is 29.8 Å². The van der Waals surface area contributed by atoms with Gasteiger partial charge in [0.2, 0.25) is 0 Å². The number of benzene rings is 2. The number of ether oxygens (including phenoxy) is 1. The maximum atomic E-state index is 13.2. The van der Waals surface area contributed by atoms with Crippen molar-refractivity contribution in [2.24, 2.45) is 0 Å². The van der Waals surface area contributed by atoms with E-state index < -0.39 is 6.10 Å². The molecule has 2 heterocycles. The van der Waals surface area contributed by atoms with E-state index in [9.17, 15) is 9.90 Å². The molecule has 5 rings (SSSR count). The summed E-state index contributed by atoms with van der Waals surface area (Å²) in [5.41, 5.74) is 4.42. The van der Waals surface area contributed by atoms with Crippen LogP contribution in [0.1, 0.15) is 67.1 Å². The first kappa shape index (κ1) is 21.7. The third-order valence-corrected chi connectivity index (χ3v) is 7.22. The van der Waals surface area contributed by atoms with Gasteiger partial charge in [0, 0.05) is 17.3 Å². The molecule has 2 fully saturated rings. The molecule has 2 aromatic carbocycles. The summed E-state index contributed by atoms with van der Waals surface area (Å²) in [5, 5.41) is 20.6. The van der Waals surface area contributed by atoms with Crippen LogP contribution in [0.5, 0.6) is 11.5 Å². The van der Waals surface area contributed by atoms with Gasteiger partial charge in [-0.05, 0) is 86.0 Å². The standard InChI is InChI=1S/C27H31N3O3/c1-2-17-7-8-25-23(13-17)29-16-26(33-25)27(32)30-22-15-24(31)21(18-5-3-4-6-18)14-20(22)19-9-11-28-12-10-19/h1,7-8,13-15,18-19,26,28-29,31H,3-6,9-12,16H2,(H,30,32). The minimum absolute atomic E-state index is 0.225. The van der Waals surface area contributed by atoms with Gasteiger partial charge < -0.3 is 25.8 Å². The maximum Gasteiger partial charge on any atom is 0.267 e. The minimum Gasteiger partial charge on any atom is -0.508 e. The SMILES string of the molecule is C#Cc1ccc2c(c1)NCC(C(=O)Nc1cc(O)c(C3CCCC3)cc1C1CCNCC1)O2. The first-order valence-corrected chi connectivity index (χ1v) is 12.0. The first-order chi connectivity index (χ1) is 16.1. The Bertz CT molecular complexity index is 1080. The molecular weight excluding hydrogens is 414 g/mol. The van der Waals surface area contributed by atoms with E-state index in [0.717, 1.165) is 61.2 Å². The molecule has 3 aliphatic rings. The maximum absolute atomic E-state index is 13.2. The number of nitrogens with one attached hydrogen (secondary N) is 3. The fourth-order valence-electron chi connectivity index (χ4n) is 5.38. The average Bonchev–Trinajstić information content (AvgIpc) is 3.38. The van der Waals surface area contributed by atoms with Crippen LogP contribution in [0.4, 0.5) is 11.4 Å². The number of rotatable bonds is 4. The summed E-state index contributed by atoms with van der Waals surface area (Å²) in [5.74, 6) is 4.04. The zero-order chi connectivity index (χ0) is 22.8. The summed E-state index contributed by atoms with van der Waals surface area (Å²) in [7, 11) is 0. The van der Waals surface area contributed by atoms with Crippen molar-refractivity contribution < 1.29 is 14.6 Å². The van der Waals surface area contributed by atoms with Crippen LogP contribution in [0, 0.1) is 12.3 Å². The normalized spacial score (nSPS) is 20.9. The van der Waals surface area contributed by atoms with Gasteiger partial charge in [0.25, 0.3) is 5.91 Å². The Morgan fingerprint density at radius 3 is 2.58 bits per heavy atom. The highest BCUT2D eigenvalue weighted by atomic mass is 16.5. The number of hydrogen-bond acceptors (Lipinski definition) is 5. The number of piperidine rings is 1. The second kappa shape index (κ2) is 9.36. The smallest absolute Gasteiger partial charge is 0.267 e. The number of fused-ring (bicyclic) bond motifs is 1. The van der Waals surface area contributed by atoms with Gasteiger partial charge in [-0.25, -0.2) is 0 Å². The van der Waals surface area contributed by atoms with Crippen LogP contribution < -0.4 is 20.7 Å². The lowest BCUT2D eigenvalue weighted by atomic mass is 9.85.